The zero-order chi connectivity index (χ0) is 14.0. The molecule has 0 rings (SSSR count). The van der Waals surface area contributed by atoms with Crippen molar-refractivity contribution in [2.45, 2.75) is 52.5 Å². The van der Waals surface area contributed by atoms with Crippen LogP contribution in [0.4, 0.5) is 4.79 Å². The Labute approximate surface area is 109 Å². The number of hydrogen-bond acceptors (Lipinski definition) is 2. The predicted octanol–water partition coefficient (Wildman–Crippen LogP) is 2.29. The molecule has 2 amide bonds. The van der Waals surface area contributed by atoms with Crippen LogP contribution in [-0.4, -0.2) is 29.7 Å². The molecule has 0 aromatic carbocycles. The van der Waals surface area contributed by atoms with Gasteiger partial charge in [0.05, 0.1) is 0 Å². The van der Waals surface area contributed by atoms with Gasteiger partial charge in [-0.25, -0.2) is 4.79 Å². The average Bonchev–Trinajstić information content (AvgIpc) is 2.23. The summed E-state index contributed by atoms with van der Waals surface area (Å²) in [6.45, 7) is 6.44. The van der Waals surface area contributed by atoms with Gasteiger partial charge in [0, 0.05) is 19.0 Å². The third-order valence-corrected chi connectivity index (χ3v) is 2.38. The first-order valence-corrected chi connectivity index (χ1v) is 6.31. The van der Waals surface area contributed by atoms with Crippen LogP contribution in [0.3, 0.4) is 0 Å². The number of carbonyl (C=O) groups is 2. The van der Waals surface area contributed by atoms with Gasteiger partial charge in [-0.05, 0) is 40.0 Å². The number of hydrogen-bond donors (Lipinski definition) is 3. The number of rotatable bonds is 8. The molecule has 104 valence electrons. The highest BCUT2D eigenvalue weighted by Gasteiger charge is 2.05. The van der Waals surface area contributed by atoms with Crippen molar-refractivity contribution in [2.24, 2.45) is 0 Å². The Morgan fingerprint density at radius 1 is 1.33 bits per heavy atom. The first-order chi connectivity index (χ1) is 8.41. The maximum Gasteiger partial charge on any atom is 0.314 e. The highest BCUT2D eigenvalue weighted by atomic mass is 16.4. The van der Waals surface area contributed by atoms with E-state index in [4.69, 9.17) is 5.11 Å². The molecule has 5 nitrogen and oxygen atoms in total. The van der Waals surface area contributed by atoms with Crippen LogP contribution in [0.25, 0.3) is 0 Å². The van der Waals surface area contributed by atoms with Gasteiger partial charge in [-0.15, -0.1) is 0 Å². The molecule has 0 aromatic heterocycles. The Kier molecular flexibility index (Phi) is 8.70. The van der Waals surface area contributed by atoms with Crippen LogP contribution in [0.2, 0.25) is 0 Å². The molecule has 0 aromatic rings. The van der Waals surface area contributed by atoms with E-state index in [1.165, 1.54) is 5.57 Å². The summed E-state index contributed by atoms with van der Waals surface area (Å²) in [5.41, 5.74) is 1.28. The largest absolute Gasteiger partial charge is 0.481 e. The first-order valence-electron chi connectivity index (χ1n) is 6.31. The standard InChI is InChI=1S/C13H24N2O3/c1-10(2)6-4-7-11(3)15-13(18)14-9-5-8-12(16)17/h6,11H,4-5,7-9H2,1-3H3,(H,16,17)(H2,14,15,18). The van der Waals surface area contributed by atoms with E-state index in [9.17, 15) is 9.59 Å². The maximum absolute atomic E-state index is 11.4. The second kappa shape index (κ2) is 9.50. The van der Waals surface area contributed by atoms with Gasteiger partial charge >= 0.3 is 12.0 Å². The third kappa shape index (κ3) is 11.0. The lowest BCUT2D eigenvalue weighted by atomic mass is 10.1. The molecule has 0 heterocycles. The van der Waals surface area contributed by atoms with Crippen molar-refractivity contribution in [1.29, 1.82) is 0 Å². The fraction of sp³-hybridized carbons (Fsp3) is 0.692. The van der Waals surface area contributed by atoms with Gasteiger partial charge in [-0.3, -0.25) is 4.79 Å². The van der Waals surface area contributed by atoms with Crippen molar-refractivity contribution in [2.75, 3.05) is 6.54 Å². The number of carboxylic acids is 1. The molecule has 0 aliphatic carbocycles. The molecule has 18 heavy (non-hydrogen) atoms. The van der Waals surface area contributed by atoms with Crippen molar-refractivity contribution in [3.8, 4) is 0 Å². The molecule has 0 fully saturated rings. The summed E-state index contributed by atoms with van der Waals surface area (Å²) in [5.74, 6) is -0.840. The summed E-state index contributed by atoms with van der Waals surface area (Å²) < 4.78 is 0. The molecular formula is C13H24N2O3. The fourth-order valence-electron chi connectivity index (χ4n) is 1.41. The van der Waals surface area contributed by atoms with Crippen LogP contribution in [0.5, 0.6) is 0 Å². The second-order valence-electron chi connectivity index (χ2n) is 4.66. The molecule has 0 saturated heterocycles. The van der Waals surface area contributed by atoms with Crippen LogP contribution in [0.1, 0.15) is 46.5 Å². The predicted molar refractivity (Wildman–Crippen MR) is 71.5 cm³/mol. The lowest BCUT2D eigenvalue weighted by molar-refractivity contribution is -0.137. The Bertz CT molecular complexity index is 297. The summed E-state index contributed by atoms with van der Waals surface area (Å²) in [4.78, 5) is 21.7. The molecule has 0 radical (unpaired) electrons. The minimum atomic E-state index is -0.840. The van der Waals surface area contributed by atoms with Gasteiger partial charge in [-0.2, -0.15) is 0 Å². The van der Waals surface area contributed by atoms with Crippen molar-refractivity contribution in [3.05, 3.63) is 11.6 Å². The normalized spacial score (nSPS) is 11.5. The summed E-state index contributed by atoms with van der Waals surface area (Å²) >= 11 is 0. The van der Waals surface area contributed by atoms with Gasteiger partial charge in [0.2, 0.25) is 0 Å². The van der Waals surface area contributed by atoms with Crippen LogP contribution < -0.4 is 10.6 Å². The van der Waals surface area contributed by atoms with Crippen LogP contribution in [-0.2, 0) is 4.79 Å². The van der Waals surface area contributed by atoms with E-state index in [1.54, 1.807) is 0 Å². The van der Waals surface area contributed by atoms with Crippen molar-refractivity contribution in [1.82, 2.24) is 10.6 Å². The van der Waals surface area contributed by atoms with E-state index < -0.39 is 5.97 Å². The monoisotopic (exact) mass is 256 g/mol. The summed E-state index contributed by atoms with van der Waals surface area (Å²) in [6.07, 6.45) is 4.52. The van der Waals surface area contributed by atoms with Gasteiger partial charge in [0.15, 0.2) is 0 Å². The van der Waals surface area contributed by atoms with E-state index in [0.29, 0.717) is 13.0 Å². The second-order valence-corrected chi connectivity index (χ2v) is 4.66. The molecule has 0 aliphatic rings. The Hall–Kier alpha value is -1.52. The number of carbonyl (C=O) groups excluding carboxylic acids is 1. The zero-order valence-electron chi connectivity index (χ0n) is 11.5. The van der Waals surface area contributed by atoms with E-state index >= 15 is 0 Å². The Balaban J connectivity index is 3.61. The van der Waals surface area contributed by atoms with E-state index in [2.05, 4.69) is 16.7 Å². The van der Waals surface area contributed by atoms with Gasteiger partial charge in [0.1, 0.15) is 0 Å². The maximum atomic E-state index is 11.4. The van der Waals surface area contributed by atoms with Crippen LogP contribution >= 0.6 is 0 Å². The average molecular weight is 256 g/mol. The number of aliphatic carboxylic acids is 1. The molecule has 0 spiro atoms. The molecule has 0 aliphatic heterocycles. The number of carboxylic acid groups (broad SMARTS) is 1. The lowest BCUT2D eigenvalue weighted by Crippen LogP contribution is -2.41. The lowest BCUT2D eigenvalue weighted by Gasteiger charge is -2.13. The van der Waals surface area contributed by atoms with Crippen molar-refractivity contribution < 1.29 is 14.7 Å². The van der Waals surface area contributed by atoms with Crippen molar-refractivity contribution >= 4 is 12.0 Å². The molecule has 1 unspecified atom stereocenters. The minimum Gasteiger partial charge on any atom is -0.481 e. The third-order valence-electron chi connectivity index (χ3n) is 2.38. The first kappa shape index (κ1) is 16.5. The molecule has 1 atom stereocenters. The molecular weight excluding hydrogens is 232 g/mol. The molecule has 0 bridgehead atoms. The smallest absolute Gasteiger partial charge is 0.314 e. The van der Waals surface area contributed by atoms with Crippen LogP contribution in [0, 0.1) is 0 Å². The van der Waals surface area contributed by atoms with Gasteiger partial charge < -0.3 is 15.7 Å². The fourth-order valence-corrected chi connectivity index (χ4v) is 1.41. The zero-order valence-corrected chi connectivity index (χ0v) is 11.5. The highest BCUT2D eigenvalue weighted by Crippen LogP contribution is 2.00. The Morgan fingerprint density at radius 3 is 2.56 bits per heavy atom. The SMILES string of the molecule is CC(C)=CCCC(C)NC(=O)NCCCC(=O)O. The van der Waals surface area contributed by atoms with Crippen LogP contribution in [0.15, 0.2) is 11.6 Å². The number of nitrogens with one attached hydrogen (secondary N) is 2. The van der Waals surface area contributed by atoms with E-state index in [0.717, 1.165) is 12.8 Å². The summed E-state index contributed by atoms with van der Waals surface area (Å²) in [7, 11) is 0. The van der Waals surface area contributed by atoms with E-state index in [-0.39, 0.29) is 18.5 Å². The molecule has 5 heteroatoms. The summed E-state index contributed by atoms with van der Waals surface area (Å²) in [5, 5.41) is 13.9. The minimum absolute atomic E-state index is 0.0798. The topological polar surface area (TPSA) is 78.4 Å². The van der Waals surface area contributed by atoms with E-state index in [1.807, 2.05) is 20.8 Å². The molecule has 0 saturated carbocycles. The number of amides is 2. The molecule has 3 N–H and O–H groups in total. The van der Waals surface area contributed by atoms with Crippen molar-refractivity contribution in [3.63, 3.8) is 0 Å². The Morgan fingerprint density at radius 2 is 2.00 bits per heavy atom. The number of urea groups is 1. The van der Waals surface area contributed by atoms with Gasteiger partial charge in [0.25, 0.3) is 0 Å². The highest BCUT2D eigenvalue weighted by molar-refractivity contribution is 5.74. The number of allylic oxidation sites excluding steroid dienone is 2. The van der Waals surface area contributed by atoms with Gasteiger partial charge in [-0.1, -0.05) is 11.6 Å². The summed E-state index contributed by atoms with van der Waals surface area (Å²) in [6, 6.07) is -0.120. The quantitative estimate of drug-likeness (QED) is 0.460.